The highest BCUT2D eigenvalue weighted by Gasteiger charge is 2.16. The standard InChI is InChI=1S/C14H19N5/c1-9-6-10(2)13(18-8-9)12(19-16)7-11-4-3-5-17-14(11)15/h3-6,8,12,19H,7,16H2,1-2H3,(H2,15,17). The molecule has 0 aliphatic rings. The van der Waals surface area contributed by atoms with Crippen molar-refractivity contribution in [3.8, 4) is 0 Å². The average molecular weight is 257 g/mol. The fraction of sp³-hybridized carbons (Fsp3) is 0.286. The van der Waals surface area contributed by atoms with Gasteiger partial charge in [-0.3, -0.25) is 16.3 Å². The zero-order valence-corrected chi connectivity index (χ0v) is 11.2. The maximum Gasteiger partial charge on any atom is 0.126 e. The quantitative estimate of drug-likeness (QED) is 0.569. The second-order valence-corrected chi connectivity index (χ2v) is 4.69. The first-order valence-electron chi connectivity index (χ1n) is 6.20. The zero-order chi connectivity index (χ0) is 13.8. The highest BCUT2D eigenvalue weighted by Crippen LogP contribution is 2.21. The Morgan fingerprint density at radius 2 is 2.11 bits per heavy atom. The molecule has 0 saturated carbocycles. The lowest BCUT2D eigenvalue weighted by molar-refractivity contribution is 0.535. The van der Waals surface area contributed by atoms with E-state index >= 15 is 0 Å². The van der Waals surface area contributed by atoms with Crippen molar-refractivity contribution in [2.24, 2.45) is 5.84 Å². The topological polar surface area (TPSA) is 89.8 Å². The van der Waals surface area contributed by atoms with Gasteiger partial charge >= 0.3 is 0 Å². The fourth-order valence-electron chi connectivity index (χ4n) is 2.17. The molecule has 5 heteroatoms. The molecule has 0 aromatic carbocycles. The SMILES string of the molecule is Cc1cnc(C(Cc2cccnc2N)NN)c(C)c1. The van der Waals surface area contributed by atoms with E-state index in [2.05, 4.69) is 21.5 Å². The molecule has 100 valence electrons. The first-order valence-corrected chi connectivity index (χ1v) is 6.20. The summed E-state index contributed by atoms with van der Waals surface area (Å²) in [5.41, 5.74) is 12.8. The van der Waals surface area contributed by atoms with Gasteiger partial charge in [-0.25, -0.2) is 4.98 Å². The van der Waals surface area contributed by atoms with Crippen molar-refractivity contribution in [3.05, 3.63) is 53.0 Å². The molecule has 0 amide bonds. The molecule has 19 heavy (non-hydrogen) atoms. The van der Waals surface area contributed by atoms with Gasteiger partial charge in [-0.15, -0.1) is 0 Å². The monoisotopic (exact) mass is 257 g/mol. The summed E-state index contributed by atoms with van der Waals surface area (Å²) in [4.78, 5) is 8.56. The minimum absolute atomic E-state index is 0.0768. The molecule has 2 heterocycles. The lowest BCUT2D eigenvalue weighted by Gasteiger charge is -2.18. The first kappa shape index (κ1) is 13.5. The van der Waals surface area contributed by atoms with Crippen LogP contribution in [0.5, 0.6) is 0 Å². The Morgan fingerprint density at radius 3 is 2.74 bits per heavy atom. The summed E-state index contributed by atoms with van der Waals surface area (Å²) in [7, 11) is 0. The number of anilines is 1. The molecule has 2 rings (SSSR count). The summed E-state index contributed by atoms with van der Waals surface area (Å²) in [5.74, 6) is 6.19. The van der Waals surface area contributed by atoms with Crippen molar-refractivity contribution < 1.29 is 0 Å². The van der Waals surface area contributed by atoms with Crippen molar-refractivity contribution in [3.63, 3.8) is 0 Å². The third kappa shape index (κ3) is 3.07. The number of hydrogen-bond acceptors (Lipinski definition) is 5. The summed E-state index contributed by atoms with van der Waals surface area (Å²) in [6.45, 7) is 4.06. The number of rotatable bonds is 4. The summed E-state index contributed by atoms with van der Waals surface area (Å²) >= 11 is 0. The van der Waals surface area contributed by atoms with E-state index in [4.69, 9.17) is 11.6 Å². The predicted octanol–water partition coefficient (Wildman–Crippen LogP) is 1.42. The molecule has 2 aromatic heterocycles. The van der Waals surface area contributed by atoms with Gasteiger partial charge in [0.15, 0.2) is 0 Å². The van der Waals surface area contributed by atoms with Gasteiger partial charge in [-0.1, -0.05) is 12.1 Å². The van der Waals surface area contributed by atoms with Crippen LogP contribution in [-0.2, 0) is 6.42 Å². The highest BCUT2D eigenvalue weighted by atomic mass is 15.2. The van der Waals surface area contributed by atoms with Gasteiger partial charge in [-0.05, 0) is 43.0 Å². The van der Waals surface area contributed by atoms with Gasteiger partial charge in [0.05, 0.1) is 11.7 Å². The van der Waals surface area contributed by atoms with Gasteiger partial charge < -0.3 is 5.73 Å². The summed E-state index contributed by atoms with van der Waals surface area (Å²) in [6, 6.07) is 5.84. The van der Waals surface area contributed by atoms with Crippen LogP contribution in [0.15, 0.2) is 30.6 Å². The maximum absolute atomic E-state index is 5.86. The molecule has 2 aromatic rings. The molecule has 0 fully saturated rings. The van der Waals surface area contributed by atoms with Crippen LogP contribution < -0.4 is 17.0 Å². The first-order chi connectivity index (χ1) is 9.11. The van der Waals surface area contributed by atoms with E-state index in [1.165, 1.54) is 0 Å². The van der Waals surface area contributed by atoms with E-state index in [0.717, 1.165) is 22.4 Å². The van der Waals surface area contributed by atoms with Crippen LogP contribution in [0.25, 0.3) is 0 Å². The second-order valence-electron chi connectivity index (χ2n) is 4.69. The molecule has 0 aliphatic carbocycles. The van der Waals surface area contributed by atoms with Crippen molar-refractivity contribution in [1.29, 1.82) is 0 Å². The average Bonchev–Trinajstić information content (AvgIpc) is 2.39. The molecule has 1 unspecified atom stereocenters. The van der Waals surface area contributed by atoms with Crippen LogP contribution in [0.3, 0.4) is 0 Å². The lowest BCUT2D eigenvalue weighted by atomic mass is 10.00. The summed E-state index contributed by atoms with van der Waals surface area (Å²) in [5, 5.41) is 0. The highest BCUT2D eigenvalue weighted by molar-refractivity contribution is 5.40. The van der Waals surface area contributed by atoms with Crippen LogP contribution in [0.4, 0.5) is 5.82 Å². The summed E-state index contributed by atoms with van der Waals surface area (Å²) in [6.07, 6.45) is 4.19. The Balaban J connectivity index is 2.28. The molecule has 0 spiro atoms. The van der Waals surface area contributed by atoms with E-state index in [9.17, 15) is 0 Å². The van der Waals surface area contributed by atoms with Crippen LogP contribution in [0, 0.1) is 13.8 Å². The largest absolute Gasteiger partial charge is 0.383 e. The second kappa shape index (κ2) is 5.77. The molecular formula is C14H19N5. The van der Waals surface area contributed by atoms with Gasteiger partial charge in [0.25, 0.3) is 0 Å². The molecule has 1 atom stereocenters. The minimum Gasteiger partial charge on any atom is -0.383 e. The maximum atomic E-state index is 5.86. The van der Waals surface area contributed by atoms with Crippen molar-refractivity contribution in [1.82, 2.24) is 15.4 Å². The van der Waals surface area contributed by atoms with E-state index in [0.29, 0.717) is 12.2 Å². The van der Waals surface area contributed by atoms with Crippen LogP contribution in [-0.4, -0.2) is 9.97 Å². The van der Waals surface area contributed by atoms with Crippen LogP contribution in [0.1, 0.15) is 28.4 Å². The molecular weight excluding hydrogens is 238 g/mol. The van der Waals surface area contributed by atoms with Gasteiger partial charge in [0.1, 0.15) is 5.82 Å². The predicted molar refractivity (Wildman–Crippen MR) is 76.1 cm³/mol. The smallest absolute Gasteiger partial charge is 0.126 e. The molecule has 5 nitrogen and oxygen atoms in total. The molecule has 0 aliphatic heterocycles. The Labute approximate surface area is 113 Å². The van der Waals surface area contributed by atoms with Crippen LogP contribution >= 0.6 is 0 Å². The molecule has 0 saturated heterocycles. The third-order valence-corrected chi connectivity index (χ3v) is 3.14. The lowest BCUT2D eigenvalue weighted by Crippen LogP contribution is -2.31. The van der Waals surface area contributed by atoms with Crippen molar-refractivity contribution >= 4 is 5.82 Å². The van der Waals surface area contributed by atoms with E-state index in [1.807, 2.05) is 32.2 Å². The third-order valence-electron chi connectivity index (χ3n) is 3.14. The Kier molecular flexibility index (Phi) is 4.09. The number of nitrogens with zero attached hydrogens (tertiary/aromatic N) is 2. The van der Waals surface area contributed by atoms with E-state index < -0.39 is 0 Å². The van der Waals surface area contributed by atoms with Gasteiger partial charge in [0.2, 0.25) is 0 Å². The molecule has 0 radical (unpaired) electrons. The van der Waals surface area contributed by atoms with Crippen molar-refractivity contribution in [2.45, 2.75) is 26.3 Å². The Hall–Kier alpha value is -1.98. The summed E-state index contributed by atoms with van der Waals surface area (Å²) < 4.78 is 0. The number of aromatic nitrogens is 2. The number of nitrogens with one attached hydrogen (secondary N) is 1. The van der Waals surface area contributed by atoms with E-state index in [-0.39, 0.29) is 6.04 Å². The number of hydrogen-bond donors (Lipinski definition) is 3. The zero-order valence-electron chi connectivity index (χ0n) is 11.2. The minimum atomic E-state index is -0.0768. The number of aryl methyl sites for hydroxylation is 2. The normalized spacial score (nSPS) is 12.4. The van der Waals surface area contributed by atoms with Gasteiger partial charge in [-0.2, -0.15) is 0 Å². The van der Waals surface area contributed by atoms with E-state index in [1.54, 1.807) is 6.20 Å². The van der Waals surface area contributed by atoms with Crippen LogP contribution in [0.2, 0.25) is 0 Å². The van der Waals surface area contributed by atoms with Gasteiger partial charge in [0, 0.05) is 12.4 Å². The number of hydrazine groups is 1. The fourth-order valence-corrected chi connectivity index (χ4v) is 2.17. The molecule has 0 bridgehead atoms. The number of pyridine rings is 2. The Morgan fingerprint density at radius 1 is 1.32 bits per heavy atom. The Bertz CT molecular complexity index is 568. The number of nitrogen functional groups attached to an aromatic ring is 1. The van der Waals surface area contributed by atoms with Crippen molar-refractivity contribution in [2.75, 3.05) is 5.73 Å². The molecule has 5 N–H and O–H groups in total. The number of nitrogens with two attached hydrogens (primary N) is 2.